The van der Waals surface area contributed by atoms with Gasteiger partial charge in [-0.05, 0) is 26.3 Å². The van der Waals surface area contributed by atoms with Crippen LogP contribution in [0.25, 0.3) is 0 Å². The van der Waals surface area contributed by atoms with Crippen molar-refractivity contribution < 1.29 is 9.90 Å². The number of carbonyl (C=O) groups excluding carboxylic acids is 1. The number of nitrogens with one attached hydrogen (secondary N) is 1. The van der Waals surface area contributed by atoms with Crippen LogP contribution in [0.15, 0.2) is 0 Å². The molecule has 2 aliphatic rings. The van der Waals surface area contributed by atoms with E-state index < -0.39 is 5.60 Å². The van der Waals surface area contributed by atoms with E-state index in [0.717, 1.165) is 19.4 Å². The zero-order valence-electron chi connectivity index (χ0n) is 8.62. The fraction of sp³-hybridized carbons (Fsp3) is 0.900. The Hall–Kier alpha value is -0.610. The van der Waals surface area contributed by atoms with Crippen molar-refractivity contribution in [2.24, 2.45) is 0 Å². The van der Waals surface area contributed by atoms with Crippen LogP contribution < -0.4 is 5.32 Å². The van der Waals surface area contributed by atoms with E-state index in [9.17, 15) is 9.90 Å². The molecular formula is C10H18N2O2. The van der Waals surface area contributed by atoms with Crippen molar-refractivity contribution in [1.82, 2.24) is 10.2 Å². The van der Waals surface area contributed by atoms with Gasteiger partial charge in [0.15, 0.2) is 0 Å². The van der Waals surface area contributed by atoms with E-state index in [2.05, 4.69) is 5.32 Å². The van der Waals surface area contributed by atoms with Gasteiger partial charge in [0, 0.05) is 0 Å². The SMILES string of the molecule is CC1(O)CN(C(=O)C2CCCCN2)C1. The largest absolute Gasteiger partial charge is 0.386 e. The molecule has 2 fully saturated rings. The van der Waals surface area contributed by atoms with Crippen molar-refractivity contribution in [3.8, 4) is 0 Å². The minimum Gasteiger partial charge on any atom is -0.386 e. The molecule has 0 saturated carbocycles. The number of β-amino-alcohol motifs (C(OH)–C–C–N with tert-alkyl or cyclic N) is 1. The Labute approximate surface area is 84.3 Å². The highest BCUT2D eigenvalue weighted by Gasteiger charge is 2.41. The van der Waals surface area contributed by atoms with Crippen LogP contribution in [0.2, 0.25) is 0 Å². The van der Waals surface area contributed by atoms with Gasteiger partial charge in [-0.15, -0.1) is 0 Å². The Morgan fingerprint density at radius 2 is 2.21 bits per heavy atom. The first-order valence-electron chi connectivity index (χ1n) is 5.33. The molecule has 2 aliphatic heterocycles. The number of aliphatic hydroxyl groups is 1. The molecule has 14 heavy (non-hydrogen) atoms. The summed E-state index contributed by atoms with van der Waals surface area (Å²) >= 11 is 0. The molecule has 1 atom stereocenters. The van der Waals surface area contributed by atoms with Crippen LogP contribution in [0, 0.1) is 0 Å². The molecular weight excluding hydrogens is 180 g/mol. The zero-order chi connectivity index (χ0) is 10.2. The standard InChI is InChI=1S/C10H18N2O2/c1-10(14)6-12(7-10)9(13)8-4-2-3-5-11-8/h8,11,14H,2-7H2,1H3. The monoisotopic (exact) mass is 198 g/mol. The average molecular weight is 198 g/mol. The number of hydrogen-bond donors (Lipinski definition) is 2. The van der Waals surface area contributed by atoms with Crippen molar-refractivity contribution in [1.29, 1.82) is 0 Å². The first kappa shape index (κ1) is 9.93. The van der Waals surface area contributed by atoms with Crippen LogP contribution in [-0.4, -0.2) is 47.2 Å². The van der Waals surface area contributed by atoms with Crippen LogP contribution in [0.5, 0.6) is 0 Å². The lowest BCUT2D eigenvalue weighted by atomic mass is 9.94. The lowest BCUT2D eigenvalue weighted by Crippen LogP contribution is -2.65. The zero-order valence-corrected chi connectivity index (χ0v) is 8.62. The first-order valence-corrected chi connectivity index (χ1v) is 5.33. The van der Waals surface area contributed by atoms with Crippen molar-refractivity contribution in [3.05, 3.63) is 0 Å². The van der Waals surface area contributed by atoms with Gasteiger partial charge in [0.25, 0.3) is 0 Å². The van der Waals surface area contributed by atoms with E-state index in [1.54, 1.807) is 11.8 Å². The van der Waals surface area contributed by atoms with Gasteiger partial charge in [0.05, 0.1) is 24.7 Å². The van der Waals surface area contributed by atoms with E-state index in [1.807, 2.05) is 0 Å². The smallest absolute Gasteiger partial charge is 0.239 e. The summed E-state index contributed by atoms with van der Waals surface area (Å²) in [5.41, 5.74) is -0.648. The van der Waals surface area contributed by atoms with Gasteiger partial charge in [0.1, 0.15) is 0 Å². The quantitative estimate of drug-likeness (QED) is 0.609. The molecule has 0 aromatic heterocycles. The lowest BCUT2D eigenvalue weighted by Gasteiger charge is -2.45. The Bertz CT molecular complexity index is 226. The van der Waals surface area contributed by atoms with E-state index in [4.69, 9.17) is 0 Å². The maximum atomic E-state index is 11.8. The second-order valence-corrected chi connectivity index (χ2v) is 4.69. The molecule has 2 saturated heterocycles. The van der Waals surface area contributed by atoms with Crippen molar-refractivity contribution in [2.45, 2.75) is 37.8 Å². The summed E-state index contributed by atoms with van der Waals surface area (Å²) in [6.45, 7) is 3.69. The maximum absolute atomic E-state index is 11.8. The highest BCUT2D eigenvalue weighted by Crippen LogP contribution is 2.22. The molecule has 0 spiro atoms. The minimum atomic E-state index is -0.648. The fourth-order valence-electron chi connectivity index (χ4n) is 2.21. The number of amides is 1. The summed E-state index contributed by atoms with van der Waals surface area (Å²) in [5, 5.41) is 12.7. The Kier molecular flexibility index (Phi) is 2.49. The van der Waals surface area contributed by atoms with Gasteiger partial charge < -0.3 is 15.3 Å². The van der Waals surface area contributed by atoms with Gasteiger partial charge in [0.2, 0.25) is 5.91 Å². The van der Waals surface area contributed by atoms with E-state index >= 15 is 0 Å². The second-order valence-electron chi connectivity index (χ2n) is 4.69. The minimum absolute atomic E-state index is 0.000139. The van der Waals surface area contributed by atoms with Crippen LogP contribution >= 0.6 is 0 Å². The predicted molar refractivity (Wildman–Crippen MR) is 52.8 cm³/mol. The van der Waals surface area contributed by atoms with Gasteiger partial charge in [-0.3, -0.25) is 4.79 Å². The number of piperidine rings is 1. The molecule has 1 amide bonds. The third kappa shape index (κ3) is 1.91. The number of nitrogens with zero attached hydrogens (tertiary/aromatic N) is 1. The number of likely N-dealkylation sites (tertiary alicyclic amines) is 1. The van der Waals surface area contributed by atoms with Crippen LogP contribution in [-0.2, 0) is 4.79 Å². The molecule has 80 valence electrons. The first-order chi connectivity index (χ1) is 6.58. The van der Waals surface area contributed by atoms with E-state index in [0.29, 0.717) is 13.1 Å². The fourth-order valence-corrected chi connectivity index (χ4v) is 2.21. The van der Waals surface area contributed by atoms with Crippen LogP contribution in [0.3, 0.4) is 0 Å². The van der Waals surface area contributed by atoms with Gasteiger partial charge in [-0.2, -0.15) is 0 Å². The van der Waals surface area contributed by atoms with Crippen LogP contribution in [0.1, 0.15) is 26.2 Å². The normalized spacial score (nSPS) is 31.0. The van der Waals surface area contributed by atoms with Gasteiger partial charge in [-0.25, -0.2) is 0 Å². The summed E-state index contributed by atoms with van der Waals surface area (Å²) in [6.07, 6.45) is 3.24. The Balaban J connectivity index is 1.84. The third-order valence-corrected chi connectivity index (χ3v) is 2.98. The number of rotatable bonds is 1. The molecule has 4 heteroatoms. The van der Waals surface area contributed by atoms with Crippen LogP contribution in [0.4, 0.5) is 0 Å². The van der Waals surface area contributed by atoms with Crippen molar-refractivity contribution in [3.63, 3.8) is 0 Å². The molecule has 0 aromatic carbocycles. The van der Waals surface area contributed by atoms with Gasteiger partial charge in [-0.1, -0.05) is 6.42 Å². The molecule has 0 aliphatic carbocycles. The maximum Gasteiger partial charge on any atom is 0.239 e. The van der Waals surface area contributed by atoms with Crippen molar-refractivity contribution in [2.75, 3.05) is 19.6 Å². The van der Waals surface area contributed by atoms with Gasteiger partial charge >= 0.3 is 0 Å². The molecule has 0 radical (unpaired) electrons. The van der Waals surface area contributed by atoms with E-state index in [1.165, 1.54) is 6.42 Å². The number of carbonyl (C=O) groups is 1. The molecule has 2 heterocycles. The predicted octanol–water partition coefficient (Wildman–Crippen LogP) is -0.278. The summed E-state index contributed by atoms with van der Waals surface area (Å²) in [6, 6.07) is -0.000139. The third-order valence-electron chi connectivity index (χ3n) is 2.98. The average Bonchev–Trinajstić information content (AvgIpc) is 2.14. The molecule has 2 rings (SSSR count). The highest BCUT2D eigenvalue weighted by molar-refractivity contribution is 5.83. The molecule has 0 aromatic rings. The number of hydrogen-bond acceptors (Lipinski definition) is 3. The van der Waals surface area contributed by atoms with Crippen molar-refractivity contribution >= 4 is 5.91 Å². The summed E-state index contributed by atoms with van der Waals surface area (Å²) in [7, 11) is 0. The second kappa shape index (κ2) is 3.51. The topological polar surface area (TPSA) is 52.6 Å². The Morgan fingerprint density at radius 1 is 1.50 bits per heavy atom. The summed E-state index contributed by atoms with van der Waals surface area (Å²) in [5.74, 6) is 0.163. The Morgan fingerprint density at radius 3 is 2.71 bits per heavy atom. The lowest BCUT2D eigenvalue weighted by molar-refractivity contribution is -0.155. The molecule has 4 nitrogen and oxygen atoms in total. The molecule has 0 bridgehead atoms. The summed E-state index contributed by atoms with van der Waals surface area (Å²) < 4.78 is 0. The van der Waals surface area contributed by atoms with E-state index in [-0.39, 0.29) is 11.9 Å². The summed E-state index contributed by atoms with van der Waals surface area (Å²) in [4.78, 5) is 13.6. The molecule has 1 unspecified atom stereocenters. The highest BCUT2D eigenvalue weighted by atomic mass is 16.3. The molecule has 2 N–H and O–H groups in total.